The molecule has 1 saturated heterocycles. The van der Waals surface area contributed by atoms with Crippen LogP contribution in [0.1, 0.15) is 33.1 Å². The fourth-order valence-corrected chi connectivity index (χ4v) is 3.65. The van der Waals surface area contributed by atoms with Gasteiger partial charge in [-0.3, -0.25) is 9.36 Å². The number of likely N-dealkylation sites (tertiary alicyclic amines) is 1. The molecule has 7 heteroatoms. The van der Waals surface area contributed by atoms with Crippen LogP contribution < -0.4 is 10.0 Å². The number of para-hydroxylation sites is 1. The first-order chi connectivity index (χ1) is 10.3. The van der Waals surface area contributed by atoms with Gasteiger partial charge < -0.3 is 19.4 Å². The molecule has 1 aromatic rings. The number of rotatable bonds is 4. The van der Waals surface area contributed by atoms with E-state index in [4.69, 9.17) is 4.74 Å². The summed E-state index contributed by atoms with van der Waals surface area (Å²) in [6.07, 6.45) is 3.04. The molecular formula is C15H22NO5P. The van der Waals surface area contributed by atoms with Crippen LogP contribution in [0.4, 0.5) is 0 Å². The summed E-state index contributed by atoms with van der Waals surface area (Å²) in [4.78, 5) is 32.8. The van der Waals surface area contributed by atoms with E-state index in [9.17, 15) is 19.1 Å². The van der Waals surface area contributed by atoms with E-state index < -0.39 is 7.60 Å². The van der Waals surface area contributed by atoms with Crippen molar-refractivity contribution in [3.8, 4) is 5.75 Å². The zero-order chi connectivity index (χ0) is 16.3. The molecule has 0 spiro atoms. The molecular weight excluding hydrogens is 305 g/mol. The number of carbonyl (C=O) groups excluding carboxylic acids is 1. The first-order valence-electron chi connectivity index (χ1n) is 7.40. The minimum atomic E-state index is -4.42. The molecule has 0 aliphatic carbocycles. The van der Waals surface area contributed by atoms with Gasteiger partial charge in [0.2, 0.25) is 0 Å². The summed E-state index contributed by atoms with van der Waals surface area (Å²) in [6, 6.07) is 6.24. The highest BCUT2D eigenvalue weighted by atomic mass is 31.2. The first kappa shape index (κ1) is 17.0. The summed E-state index contributed by atoms with van der Waals surface area (Å²) < 4.78 is 16.8. The average Bonchev–Trinajstić information content (AvgIpc) is 2.44. The van der Waals surface area contributed by atoms with Gasteiger partial charge in [0.25, 0.3) is 5.91 Å². The van der Waals surface area contributed by atoms with E-state index in [1.807, 2.05) is 18.7 Å². The Morgan fingerprint density at radius 1 is 1.27 bits per heavy atom. The molecule has 2 N–H and O–H groups in total. The number of hydrogen-bond acceptors (Lipinski definition) is 3. The van der Waals surface area contributed by atoms with Crippen molar-refractivity contribution >= 4 is 18.8 Å². The van der Waals surface area contributed by atoms with Crippen molar-refractivity contribution in [2.24, 2.45) is 0 Å². The van der Waals surface area contributed by atoms with Gasteiger partial charge in [0.15, 0.2) is 6.61 Å². The van der Waals surface area contributed by atoms with Gasteiger partial charge in [-0.25, -0.2) is 0 Å². The Kier molecular flexibility index (Phi) is 5.27. The van der Waals surface area contributed by atoms with Gasteiger partial charge in [-0.05, 0) is 45.2 Å². The van der Waals surface area contributed by atoms with E-state index in [2.05, 4.69) is 0 Å². The van der Waals surface area contributed by atoms with E-state index in [-0.39, 0.29) is 35.7 Å². The third kappa shape index (κ3) is 3.88. The SMILES string of the molecule is C[C@@H]1CCC[C@@H](C)N1C(=O)COc1ccccc1P(=O)(O)O. The Balaban J connectivity index is 2.07. The Morgan fingerprint density at radius 2 is 1.86 bits per heavy atom. The second-order valence-corrected chi connectivity index (χ2v) is 7.30. The fraction of sp³-hybridized carbons (Fsp3) is 0.533. The maximum atomic E-state index is 12.4. The standard InChI is InChI=1S/C15H22NO5P/c1-11-6-5-7-12(2)16(11)15(17)10-21-13-8-3-4-9-14(13)22(18,19)20/h3-4,8-9,11-12H,5-7,10H2,1-2H3,(H2,18,19,20)/t11-,12-/m1/s1. The monoisotopic (exact) mass is 327 g/mol. The zero-order valence-corrected chi connectivity index (χ0v) is 13.7. The van der Waals surface area contributed by atoms with Crippen LogP contribution in [0.25, 0.3) is 0 Å². The van der Waals surface area contributed by atoms with Gasteiger partial charge in [0.1, 0.15) is 11.1 Å². The van der Waals surface area contributed by atoms with Crippen molar-refractivity contribution in [3.05, 3.63) is 24.3 Å². The lowest BCUT2D eigenvalue weighted by atomic mass is 9.97. The molecule has 0 radical (unpaired) electrons. The van der Waals surface area contributed by atoms with E-state index >= 15 is 0 Å². The molecule has 0 bridgehead atoms. The predicted octanol–water partition coefficient (Wildman–Crippen LogP) is 1.66. The van der Waals surface area contributed by atoms with Crippen molar-refractivity contribution < 1.29 is 23.9 Å². The van der Waals surface area contributed by atoms with Crippen molar-refractivity contribution in [1.29, 1.82) is 0 Å². The van der Waals surface area contributed by atoms with Gasteiger partial charge in [-0.2, -0.15) is 0 Å². The van der Waals surface area contributed by atoms with Gasteiger partial charge in [-0.1, -0.05) is 12.1 Å². The van der Waals surface area contributed by atoms with E-state index in [0.29, 0.717) is 0 Å². The molecule has 0 saturated carbocycles. The van der Waals surface area contributed by atoms with E-state index in [1.165, 1.54) is 18.2 Å². The molecule has 1 aliphatic rings. The summed E-state index contributed by atoms with van der Waals surface area (Å²) in [6.45, 7) is 3.81. The molecule has 2 atom stereocenters. The number of piperidine rings is 1. The topological polar surface area (TPSA) is 87.1 Å². The molecule has 2 rings (SSSR count). The van der Waals surface area contributed by atoms with Crippen LogP contribution >= 0.6 is 7.60 Å². The molecule has 0 aromatic heterocycles. The number of benzene rings is 1. The quantitative estimate of drug-likeness (QED) is 0.821. The Hall–Kier alpha value is -1.36. The Morgan fingerprint density at radius 3 is 2.45 bits per heavy atom. The molecule has 1 fully saturated rings. The average molecular weight is 327 g/mol. The van der Waals surface area contributed by atoms with Crippen LogP contribution in [0, 0.1) is 0 Å². The zero-order valence-electron chi connectivity index (χ0n) is 12.8. The normalized spacial score (nSPS) is 22.5. The fourth-order valence-electron chi connectivity index (χ4n) is 2.95. The molecule has 1 aliphatic heterocycles. The highest BCUT2D eigenvalue weighted by molar-refractivity contribution is 7.60. The Bertz CT molecular complexity index is 575. The number of ether oxygens (including phenoxy) is 1. The maximum absolute atomic E-state index is 12.4. The minimum Gasteiger partial charge on any atom is -0.483 e. The van der Waals surface area contributed by atoms with Gasteiger partial charge in [0.05, 0.1) is 0 Å². The van der Waals surface area contributed by atoms with E-state index in [1.54, 1.807) is 6.07 Å². The summed E-state index contributed by atoms with van der Waals surface area (Å²) in [5.74, 6) is -0.0956. The lowest BCUT2D eigenvalue weighted by Gasteiger charge is -2.39. The Labute approximate surface area is 130 Å². The maximum Gasteiger partial charge on any atom is 0.359 e. The van der Waals surface area contributed by atoms with Crippen LogP contribution in [0.15, 0.2) is 24.3 Å². The van der Waals surface area contributed by atoms with Crippen molar-refractivity contribution in [1.82, 2.24) is 4.90 Å². The number of amides is 1. The lowest BCUT2D eigenvalue weighted by Crippen LogP contribution is -2.49. The molecule has 1 heterocycles. The van der Waals surface area contributed by atoms with Crippen LogP contribution in [0.3, 0.4) is 0 Å². The molecule has 22 heavy (non-hydrogen) atoms. The number of hydrogen-bond donors (Lipinski definition) is 2. The second kappa shape index (κ2) is 6.82. The van der Waals surface area contributed by atoms with Gasteiger partial charge in [0, 0.05) is 12.1 Å². The molecule has 6 nitrogen and oxygen atoms in total. The summed E-state index contributed by atoms with van der Waals surface area (Å²) in [5, 5.41) is -0.192. The first-order valence-corrected chi connectivity index (χ1v) is 9.01. The van der Waals surface area contributed by atoms with Gasteiger partial charge in [-0.15, -0.1) is 0 Å². The highest BCUT2D eigenvalue weighted by Crippen LogP contribution is 2.37. The summed E-state index contributed by atoms with van der Waals surface area (Å²) in [7, 11) is -4.42. The van der Waals surface area contributed by atoms with Crippen LogP contribution in [-0.4, -0.2) is 39.3 Å². The summed E-state index contributed by atoms with van der Waals surface area (Å²) >= 11 is 0. The third-order valence-corrected chi connectivity index (χ3v) is 5.01. The van der Waals surface area contributed by atoms with E-state index in [0.717, 1.165) is 19.3 Å². The predicted molar refractivity (Wildman–Crippen MR) is 83.2 cm³/mol. The summed E-state index contributed by atoms with van der Waals surface area (Å²) in [5.41, 5.74) is 0. The molecule has 0 unspecified atom stereocenters. The third-order valence-electron chi connectivity index (χ3n) is 4.01. The molecule has 1 amide bonds. The molecule has 122 valence electrons. The molecule has 1 aromatic carbocycles. The second-order valence-electron chi connectivity index (χ2n) is 5.73. The lowest BCUT2D eigenvalue weighted by molar-refractivity contribution is -0.139. The number of carbonyl (C=O) groups is 1. The number of nitrogens with zero attached hydrogens (tertiary/aromatic N) is 1. The van der Waals surface area contributed by atoms with Crippen LogP contribution in [0.2, 0.25) is 0 Å². The van der Waals surface area contributed by atoms with Crippen molar-refractivity contribution in [3.63, 3.8) is 0 Å². The van der Waals surface area contributed by atoms with Crippen molar-refractivity contribution in [2.75, 3.05) is 6.61 Å². The smallest absolute Gasteiger partial charge is 0.359 e. The van der Waals surface area contributed by atoms with Crippen molar-refractivity contribution in [2.45, 2.75) is 45.2 Å². The largest absolute Gasteiger partial charge is 0.483 e. The minimum absolute atomic E-state index is 0.0569. The van der Waals surface area contributed by atoms with Crippen LogP contribution in [0.5, 0.6) is 5.75 Å². The highest BCUT2D eigenvalue weighted by Gasteiger charge is 2.29. The van der Waals surface area contributed by atoms with Gasteiger partial charge >= 0.3 is 7.60 Å². The van der Waals surface area contributed by atoms with Crippen LogP contribution in [-0.2, 0) is 9.36 Å².